The number of aliphatic imine (C=N–C) groups is 1. The zero-order valence-corrected chi connectivity index (χ0v) is 25.8. The molecule has 10 heteroatoms. The van der Waals surface area contributed by atoms with Crippen LogP contribution in [0.2, 0.25) is 0 Å². The summed E-state index contributed by atoms with van der Waals surface area (Å²) >= 11 is -4.82. The summed E-state index contributed by atoms with van der Waals surface area (Å²) in [6.07, 6.45) is 1.73. The minimum atomic E-state index is -4.82. The molecular weight excluding hydrogens is 608 g/mol. The molecule has 2 aliphatic rings. The molecule has 46 heavy (non-hydrogen) atoms. The quantitative estimate of drug-likeness (QED) is 0.166. The Morgan fingerprint density at radius 2 is 1.20 bits per heavy atom. The predicted molar refractivity (Wildman–Crippen MR) is 179 cm³/mol. The Balaban J connectivity index is 1.49. The summed E-state index contributed by atoms with van der Waals surface area (Å²) in [5.74, 6) is 1.68. The summed E-state index contributed by atoms with van der Waals surface area (Å²) in [6, 6.07) is 28.7. The molecule has 0 saturated heterocycles. The summed E-state index contributed by atoms with van der Waals surface area (Å²) < 4.78 is 48.2. The third kappa shape index (κ3) is 5.00. The molecule has 4 aromatic carbocycles. The maximum absolute atomic E-state index is 17.4. The second-order valence-electron chi connectivity index (χ2n) is 10.7. The topological polar surface area (TPSA) is 79.2 Å². The Kier molecular flexibility index (Phi) is 7.37. The Labute approximate surface area is 266 Å². The van der Waals surface area contributed by atoms with Crippen molar-refractivity contribution in [3.63, 3.8) is 0 Å². The maximum atomic E-state index is 17.4. The van der Waals surface area contributed by atoms with E-state index in [4.69, 9.17) is 14.5 Å². The van der Waals surface area contributed by atoms with Crippen LogP contribution in [-0.2, 0) is 0 Å². The van der Waals surface area contributed by atoms with E-state index < -0.39 is 11.2 Å². The maximum Gasteiger partial charge on any atom is 0.349 e. The number of allylic oxidation sites excluding steroid dienone is 1. The number of hydrogen-bond acceptors (Lipinski definition) is 5. The van der Waals surface area contributed by atoms with Crippen molar-refractivity contribution in [3.8, 4) is 45.4 Å². The highest BCUT2D eigenvalue weighted by Crippen LogP contribution is 2.64. The van der Waals surface area contributed by atoms with Gasteiger partial charge in [-0.25, -0.2) is 0 Å². The third-order valence-corrected chi connectivity index (χ3v) is 9.41. The number of halogens is 2. The molecule has 7 nitrogen and oxygen atoms in total. The molecule has 0 bridgehead atoms. The first-order valence-corrected chi connectivity index (χ1v) is 16.2. The van der Waals surface area contributed by atoms with E-state index in [1.807, 2.05) is 62.4 Å². The first-order valence-electron chi connectivity index (χ1n) is 14.8. The van der Waals surface area contributed by atoms with E-state index in [-0.39, 0.29) is 34.6 Å². The largest absolute Gasteiger partial charge is 0.508 e. The molecule has 0 radical (unpaired) electrons. The molecule has 1 aromatic heterocycles. The van der Waals surface area contributed by atoms with Crippen LogP contribution in [0.25, 0.3) is 28.0 Å². The van der Waals surface area contributed by atoms with Crippen molar-refractivity contribution in [3.05, 3.63) is 120 Å². The van der Waals surface area contributed by atoms with Crippen LogP contribution in [0.3, 0.4) is 0 Å². The molecule has 2 N–H and O–H groups in total. The fraction of sp³-hybridized carbons (Fsp3) is 0.111. The van der Waals surface area contributed by atoms with E-state index in [9.17, 15) is 10.2 Å². The Hall–Kier alpha value is -5.35. The number of hydrogen-bond donors (Lipinski definition) is 2. The summed E-state index contributed by atoms with van der Waals surface area (Å²) in [5.41, 5.74) is 4.03. The molecule has 3 heterocycles. The zero-order chi connectivity index (χ0) is 32.0. The second kappa shape index (κ2) is 11.5. The molecule has 5 aromatic rings. The third-order valence-electron chi connectivity index (χ3n) is 7.80. The predicted octanol–water partition coefficient (Wildman–Crippen LogP) is 8.93. The van der Waals surface area contributed by atoms with Gasteiger partial charge in [-0.1, -0.05) is 32.0 Å². The van der Waals surface area contributed by atoms with Crippen molar-refractivity contribution in [2.75, 3.05) is 13.2 Å². The van der Waals surface area contributed by atoms with E-state index in [0.29, 0.717) is 58.1 Å². The fourth-order valence-electron chi connectivity index (χ4n) is 5.69. The van der Waals surface area contributed by atoms with Crippen LogP contribution in [0.1, 0.15) is 25.0 Å². The average molecular weight is 639 g/mol. The molecule has 7 rings (SSSR count). The van der Waals surface area contributed by atoms with E-state index in [1.165, 1.54) is 24.3 Å². The van der Waals surface area contributed by atoms with E-state index >= 15 is 7.77 Å². The molecule has 0 fully saturated rings. The number of aromatic hydroxyl groups is 2. The van der Waals surface area contributed by atoms with Gasteiger partial charge in [0, 0.05) is 11.6 Å². The monoisotopic (exact) mass is 638 g/mol. The first kappa shape index (κ1) is 29.4. The highest BCUT2D eigenvalue weighted by atomic mass is 32.3. The minimum Gasteiger partial charge on any atom is -0.508 e. The second-order valence-corrected chi connectivity index (χ2v) is 12.2. The molecular formula is C36H30F2N3O4S+. The average Bonchev–Trinajstić information content (AvgIpc) is 3.64. The van der Waals surface area contributed by atoms with Gasteiger partial charge in [-0.3, -0.25) is 0 Å². The fourth-order valence-corrected chi connectivity index (χ4v) is 7.34. The molecule has 0 aliphatic carbocycles. The molecule has 0 spiro atoms. The van der Waals surface area contributed by atoms with Gasteiger partial charge in [-0.05, 0) is 114 Å². The molecule has 0 unspecified atom stereocenters. The number of amidine groups is 1. The number of ether oxygens (including phenoxy) is 2. The van der Waals surface area contributed by atoms with Crippen LogP contribution in [-0.4, -0.2) is 42.9 Å². The summed E-state index contributed by atoms with van der Waals surface area (Å²) in [7, 11) is 0. The highest BCUT2D eigenvalue weighted by Gasteiger charge is 2.53. The lowest BCUT2D eigenvalue weighted by Gasteiger charge is -2.27. The van der Waals surface area contributed by atoms with Crippen molar-refractivity contribution in [2.24, 2.45) is 4.99 Å². The van der Waals surface area contributed by atoms with Crippen molar-refractivity contribution in [1.82, 2.24) is 3.97 Å². The van der Waals surface area contributed by atoms with E-state index in [2.05, 4.69) is 0 Å². The molecule has 2 aliphatic heterocycles. The van der Waals surface area contributed by atoms with Crippen molar-refractivity contribution in [1.29, 1.82) is 0 Å². The van der Waals surface area contributed by atoms with Crippen molar-refractivity contribution >= 4 is 34.1 Å². The lowest BCUT2D eigenvalue weighted by molar-refractivity contribution is -0.226. The number of rotatable bonds is 8. The van der Waals surface area contributed by atoms with Gasteiger partial charge in [-0.2, -0.15) is 3.97 Å². The number of benzene rings is 4. The van der Waals surface area contributed by atoms with Crippen LogP contribution in [0.5, 0.6) is 23.0 Å². The molecule has 0 amide bonds. The number of fused-ring (bicyclic) bond motifs is 2. The summed E-state index contributed by atoms with van der Waals surface area (Å²) in [5, 5.41) is 19.9. The van der Waals surface area contributed by atoms with Gasteiger partial charge < -0.3 is 19.7 Å². The minimum absolute atomic E-state index is 0.0343. The Morgan fingerprint density at radius 3 is 1.74 bits per heavy atom. The van der Waals surface area contributed by atoms with Gasteiger partial charge in [0.25, 0.3) is 5.82 Å². The van der Waals surface area contributed by atoms with Crippen LogP contribution in [0.4, 0.5) is 13.6 Å². The zero-order valence-electron chi connectivity index (χ0n) is 25.0. The standard InChI is InChI=1S/C36H29F2N3O4S/c1-3-44-29-17-9-23(10-18-29)31-21-33(25-5-13-27(42)14-6-25)40-35(31)39-36-32(24-11-19-30(20-12-24)45-4-2)22-34(41(36)46(40,37)38)26-7-15-28(43)16-8-26/h5-22H,3-4H2,1-2H3,(H,42,43)/p+1. The van der Waals surface area contributed by atoms with Gasteiger partial charge >= 0.3 is 17.0 Å². The van der Waals surface area contributed by atoms with Crippen molar-refractivity contribution in [2.45, 2.75) is 13.8 Å². The van der Waals surface area contributed by atoms with Crippen LogP contribution >= 0.6 is 11.2 Å². The molecule has 0 saturated carbocycles. The molecule has 232 valence electrons. The van der Waals surface area contributed by atoms with Crippen LogP contribution < -0.4 is 9.47 Å². The Morgan fingerprint density at radius 1 is 0.696 bits per heavy atom. The summed E-state index contributed by atoms with van der Waals surface area (Å²) in [6.45, 7) is 4.81. The molecule has 0 atom stereocenters. The smallest absolute Gasteiger partial charge is 0.349 e. The first-order chi connectivity index (χ1) is 22.3. The number of phenolic OH excluding ortho intramolecular Hbond substituents is 2. The summed E-state index contributed by atoms with van der Waals surface area (Å²) in [4.78, 5) is 5.01. The lowest BCUT2D eigenvalue weighted by Crippen LogP contribution is -2.29. The normalized spacial score (nSPS) is 15.5. The van der Waals surface area contributed by atoms with Gasteiger partial charge in [0.05, 0.1) is 30.0 Å². The van der Waals surface area contributed by atoms with Gasteiger partial charge in [-0.15, -0.1) is 3.98 Å². The van der Waals surface area contributed by atoms with Crippen LogP contribution in [0.15, 0.2) is 114 Å². The number of phenols is 2. The Bertz CT molecular complexity index is 2030. The van der Waals surface area contributed by atoms with Gasteiger partial charge in [0.15, 0.2) is 5.71 Å². The van der Waals surface area contributed by atoms with E-state index in [0.717, 1.165) is 7.95 Å². The van der Waals surface area contributed by atoms with Crippen molar-refractivity contribution < 1.29 is 31.4 Å². The van der Waals surface area contributed by atoms with E-state index in [1.54, 1.807) is 36.4 Å². The number of aromatic nitrogens is 1. The lowest BCUT2D eigenvalue weighted by atomic mass is 10.0. The SMILES string of the molecule is CCOc1ccc(C2=CC(c3ccc(O)cc3)=[N+]3C2=Nc2c(-c4ccc(OCC)cc4)cc(-c4ccc(O)cc4)n2S3(F)F)cc1. The highest BCUT2D eigenvalue weighted by molar-refractivity contribution is 8.19. The van der Waals surface area contributed by atoms with Gasteiger partial charge in [0.1, 0.15) is 23.0 Å². The van der Waals surface area contributed by atoms with Crippen LogP contribution in [0, 0.1) is 0 Å². The number of nitrogens with zero attached hydrogens (tertiary/aromatic N) is 3. The van der Waals surface area contributed by atoms with Gasteiger partial charge in [0.2, 0.25) is 0 Å².